The van der Waals surface area contributed by atoms with Gasteiger partial charge in [-0.3, -0.25) is 29.3 Å². The first kappa shape index (κ1) is 68.1. The number of esters is 1. The number of carbonyl (C=O) groups excluding carboxylic acids is 1. The number of benzene rings is 6. The molecule has 0 aliphatic heterocycles. The number of carboxylic acid groups (broad SMARTS) is 2. The summed E-state index contributed by atoms with van der Waals surface area (Å²) < 4.78 is 74.7. The van der Waals surface area contributed by atoms with Crippen LogP contribution in [0.2, 0.25) is 0 Å². The van der Waals surface area contributed by atoms with Gasteiger partial charge in [0.2, 0.25) is 20.0 Å². The van der Waals surface area contributed by atoms with Crippen LogP contribution in [0.4, 0.5) is 0 Å². The maximum atomic E-state index is 12.4. The zero-order valence-electron chi connectivity index (χ0n) is 52.8. The average Bonchev–Trinajstić information content (AvgIpc) is 1.59. The normalized spacial score (nSPS) is 11.7. The Labute approximate surface area is 555 Å². The van der Waals surface area contributed by atoms with Gasteiger partial charge < -0.3 is 46.4 Å². The quantitative estimate of drug-likeness (QED) is 0.0372. The summed E-state index contributed by atoms with van der Waals surface area (Å²) >= 11 is 0. The molecule has 8 N–H and O–H groups in total. The van der Waals surface area contributed by atoms with E-state index < -0.39 is 32.0 Å². The van der Waals surface area contributed by atoms with Gasteiger partial charge in [-0.15, -0.1) is 0 Å². The van der Waals surface area contributed by atoms with Gasteiger partial charge in [-0.25, -0.2) is 24.8 Å². The highest BCUT2D eigenvalue weighted by atomic mass is 32.2. The molecule has 0 spiro atoms. The first-order valence-electron chi connectivity index (χ1n) is 30.3. The molecule has 11 aromatic rings. The molecule has 0 saturated heterocycles. The highest BCUT2D eigenvalue weighted by Crippen LogP contribution is 2.37. The van der Waals surface area contributed by atoms with Gasteiger partial charge in [0, 0.05) is 78.1 Å². The van der Waals surface area contributed by atoms with E-state index in [0.717, 1.165) is 91.2 Å². The Morgan fingerprint density at radius 1 is 0.490 bits per heavy atom. The predicted octanol–water partition coefficient (Wildman–Crippen LogP) is 10.4. The summed E-state index contributed by atoms with van der Waals surface area (Å²) in [7, 11) is -5.69. The summed E-state index contributed by atoms with van der Waals surface area (Å²) in [5.41, 5.74) is 33.2. The number of nitrogens with zero attached hydrogens (tertiary/aromatic N) is 5. The Hall–Kier alpha value is -10.8. The van der Waals surface area contributed by atoms with Gasteiger partial charge in [0.1, 0.15) is 37.1 Å². The van der Waals surface area contributed by atoms with Crippen LogP contribution in [0, 0.1) is 0 Å². The van der Waals surface area contributed by atoms with Gasteiger partial charge in [0.05, 0.1) is 67.0 Å². The van der Waals surface area contributed by atoms with Crippen molar-refractivity contribution in [1.82, 2.24) is 22.9 Å². The molecule has 0 unspecified atom stereocenters. The number of pyridine rings is 3. The lowest BCUT2D eigenvalue weighted by molar-refractivity contribution is -0.140. The van der Waals surface area contributed by atoms with Gasteiger partial charge in [-0.2, -0.15) is 0 Å². The fourth-order valence-electron chi connectivity index (χ4n) is 11.2. The fraction of sp³-hybridized carbons (Fsp3) is 0.178. The summed E-state index contributed by atoms with van der Waals surface area (Å²) in [5.74, 6) is -0.560. The van der Waals surface area contributed by atoms with Crippen molar-refractivity contribution in [1.29, 1.82) is 0 Å². The van der Waals surface area contributed by atoms with E-state index in [-0.39, 0.29) is 45.0 Å². The van der Waals surface area contributed by atoms with Crippen molar-refractivity contribution in [3.63, 3.8) is 0 Å². The highest BCUT2D eigenvalue weighted by Gasteiger charge is 2.21. The number of fused-ring (bicyclic) bond motifs is 3. The lowest BCUT2D eigenvalue weighted by Crippen LogP contribution is -2.09. The molecule has 5 heterocycles. The zero-order valence-corrected chi connectivity index (χ0v) is 54.4. The van der Waals surface area contributed by atoms with Gasteiger partial charge in [-0.05, 0) is 165 Å². The average molecular weight is 1330 g/mol. The van der Waals surface area contributed by atoms with Crippen molar-refractivity contribution in [3.05, 3.63) is 256 Å². The van der Waals surface area contributed by atoms with Crippen LogP contribution < -0.4 is 31.4 Å². The molecule has 12 rings (SSSR count). The Morgan fingerprint density at radius 3 is 1.25 bits per heavy atom. The Morgan fingerprint density at radius 2 is 0.865 bits per heavy atom. The van der Waals surface area contributed by atoms with Crippen LogP contribution in [0.15, 0.2) is 195 Å². The number of allylic oxidation sites excluding steroid dienone is 1. The van der Waals surface area contributed by atoms with Crippen LogP contribution in [0.5, 0.6) is 17.2 Å². The number of aromatic nitrogens is 5. The third kappa shape index (κ3) is 16.7. The third-order valence-corrected chi connectivity index (χ3v) is 17.7. The van der Waals surface area contributed by atoms with Crippen LogP contribution in [0.1, 0.15) is 61.6 Å². The summed E-state index contributed by atoms with van der Waals surface area (Å²) in [4.78, 5) is 46.8. The van der Waals surface area contributed by atoms with Gasteiger partial charge in [0.25, 0.3) is 0 Å². The first-order valence-corrected chi connectivity index (χ1v) is 34.0. The molecule has 0 saturated carbocycles. The van der Waals surface area contributed by atoms with Gasteiger partial charge in [0.15, 0.2) is 0 Å². The predicted molar refractivity (Wildman–Crippen MR) is 368 cm³/mol. The van der Waals surface area contributed by atoms with Crippen molar-refractivity contribution >= 4 is 65.8 Å². The van der Waals surface area contributed by atoms with Crippen molar-refractivity contribution in [2.24, 2.45) is 17.2 Å². The summed E-state index contributed by atoms with van der Waals surface area (Å²) in [6.45, 7) is 1.64. The standard InChI is InChI=1S/C25H25N3O5S.C24H23N3O5S.C24H22N2O3/c1-32-25(29)14-19-5-3-4-6-24(19)33-16-17-11-22(18-7-9-27-20(13-18)15-26)21-8-10-28(23(21)12-17)34(2,30)31;1-33(30,31)27-9-7-20-21(17-6-8-26-19(12-17)14-25)10-16(11-22(20)27)15-32-23-5-3-2-4-18(23)13-24(28)29;25-14-20-12-18(8-9-26-20)22-11-16(10-17-5-3-6-21(17)22)15-29-23-7-2-1-4-19(23)13-24(27)28/h3-13H,14-16,26H2,1-2H3;2-12H,13-15,25H2,1H3,(H,28,29);1-4,6-12H,5,13-15,25H2,(H,27,28). The van der Waals surface area contributed by atoms with Crippen molar-refractivity contribution in [2.75, 3.05) is 19.6 Å². The minimum absolute atomic E-state index is 0.0611. The summed E-state index contributed by atoms with van der Waals surface area (Å²) in [6, 6.07) is 48.3. The molecule has 1 aliphatic carbocycles. The minimum atomic E-state index is -3.52. The van der Waals surface area contributed by atoms with E-state index in [4.69, 9.17) is 46.4 Å². The molecule has 96 heavy (non-hydrogen) atoms. The lowest BCUT2D eigenvalue weighted by atomic mass is 9.94. The molecule has 1 aliphatic rings. The number of methoxy groups -OCH3 is 1. The highest BCUT2D eigenvalue weighted by molar-refractivity contribution is 7.89. The number of nitrogens with two attached hydrogens (primary N) is 3. The third-order valence-electron chi connectivity index (χ3n) is 15.7. The monoisotopic (exact) mass is 1330 g/mol. The molecule has 21 nitrogen and oxygen atoms in total. The van der Waals surface area contributed by atoms with E-state index in [1.54, 1.807) is 91.5 Å². The molecule has 0 bridgehead atoms. The first-order chi connectivity index (χ1) is 46.2. The number of ether oxygens (including phenoxy) is 4. The van der Waals surface area contributed by atoms with E-state index in [1.807, 2.05) is 78.9 Å². The van der Waals surface area contributed by atoms with Crippen molar-refractivity contribution < 1.29 is 60.4 Å². The molecule has 0 amide bonds. The second-order valence-electron chi connectivity index (χ2n) is 22.5. The van der Waals surface area contributed by atoms with Crippen LogP contribution in [-0.4, -0.2) is 87.5 Å². The topological polar surface area (TPSA) is 323 Å². The Bertz CT molecular complexity index is 4970. The van der Waals surface area contributed by atoms with E-state index in [9.17, 15) is 31.2 Å². The van der Waals surface area contributed by atoms with Crippen LogP contribution in [0.3, 0.4) is 0 Å². The number of carboxylic acids is 2. The van der Waals surface area contributed by atoms with E-state index in [0.29, 0.717) is 70.4 Å². The summed E-state index contributed by atoms with van der Waals surface area (Å²) in [5, 5.41) is 19.8. The van der Waals surface area contributed by atoms with Crippen molar-refractivity contribution in [2.45, 2.75) is 65.1 Å². The van der Waals surface area contributed by atoms with Crippen LogP contribution >= 0.6 is 0 Å². The Balaban J connectivity index is 0.000000157. The zero-order chi connectivity index (χ0) is 68.1. The second kappa shape index (κ2) is 30.5. The van der Waals surface area contributed by atoms with Gasteiger partial charge >= 0.3 is 17.9 Å². The maximum absolute atomic E-state index is 12.4. The molecular weight excluding hydrogens is 1260 g/mol. The number of para-hydroxylation sites is 3. The molecular formula is C73H70N8O13S2. The number of hydrogen-bond acceptors (Lipinski definition) is 17. The minimum Gasteiger partial charge on any atom is -0.489 e. The largest absolute Gasteiger partial charge is 0.489 e. The fourth-order valence-corrected chi connectivity index (χ4v) is 12.8. The van der Waals surface area contributed by atoms with E-state index in [2.05, 4.69) is 39.2 Å². The number of rotatable bonds is 23. The molecule has 0 atom stereocenters. The second-order valence-corrected chi connectivity index (χ2v) is 26.2. The van der Waals surface area contributed by atoms with E-state index in [1.165, 1.54) is 32.4 Å². The molecule has 23 heteroatoms. The molecule has 492 valence electrons. The number of carbonyl (C=O) groups is 3. The van der Waals surface area contributed by atoms with Crippen LogP contribution in [0.25, 0.3) is 61.3 Å². The van der Waals surface area contributed by atoms with Crippen molar-refractivity contribution in [3.8, 4) is 50.6 Å². The summed E-state index contributed by atoms with van der Waals surface area (Å²) in [6.07, 6.45) is 15.6. The SMILES string of the molecule is COC(=O)Cc1ccccc1OCc1cc(-c2ccnc(CN)c2)c2ccn(S(C)(=O)=O)c2c1.CS(=O)(=O)n1ccc2c(-c3ccnc(CN)c3)cc(COc3ccccc3CC(=O)O)cc21.NCc1cc(-c2cc(COc3ccccc3CC(=O)O)cc3c2C=CC3)ccn1. The van der Waals surface area contributed by atoms with E-state index >= 15 is 0 Å². The number of hydrogen-bond donors (Lipinski definition) is 5. The maximum Gasteiger partial charge on any atom is 0.310 e. The lowest BCUT2D eigenvalue weighted by Gasteiger charge is -2.15. The van der Waals surface area contributed by atoms with Gasteiger partial charge in [-0.1, -0.05) is 72.8 Å². The molecule has 5 aromatic heterocycles. The smallest absolute Gasteiger partial charge is 0.310 e. The number of aliphatic carboxylic acids is 2. The molecule has 0 fully saturated rings. The molecule has 6 aromatic carbocycles. The van der Waals surface area contributed by atoms with Crippen LogP contribution in [-0.2, 0) is 104 Å². The molecule has 0 radical (unpaired) electrons. The Kier molecular flexibility index (Phi) is 21.6.